The van der Waals surface area contributed by atoms with E-state index >= 15 is 0 Å². The monoisotopic (exact) mass is 698 g/mol. The Balaban J connectivity index is 1.36. The van der Waals surface area contributed by atoms with Gasteiger partial charge in [0.05, 0.1) is 5.54 Å². The van der Waals surface area contributed by atoms with Gasteiger partial charge in [-0.15, -0.1) is 11.3 Å². The zero-order chi connectivity index (χ0) is 36.3. The molecule has 0 spiro atoms. The fourth-order valence-electron chi connectivity index (χ4n) is 10.8. The number of anilines is 5. The van der Waals surface area contributed by atoms with Crippen molar-refractivity contribution < 1.29 is 0 Å². The highest BCUT2D eigenvalue weighted by molar-refractivity contribution is 7.26. The maximum atomic E-state index is 2.88. The smallest absolute Gasteiger partial charge is 0.252 e. The van der Waals surface area contributed by atoms with E-state index in [1.165, 1.54) is 113 Å². The van der Waals surface area contributed by atoms with Crippen LogP contribution in [0.2, 0.25) is 0 Å². The summed E-state index contributed by atoms with van der Waals surface area (Å²) in [6, 6.07) is 31.7. The van der Waals surface area contributed by atoms with Crippen molar-refractivity contribution in [3.8, 4) is 0 Å². The third-order valence-electron chi connectivity index (χ3n) is 13.8. The Kier molecular flexibility index (Phi) is 6.49. The molecule has 3 aliphatic heterocycles. The highest BCUT2D eigenvalue weighted by atomic mass is 32.1. The average Bonchev–Trinajstić information content (AvgIpc) is 3.54. The Morgan fingerprint density at radius 1 is 0.654 bits per heavy atom. The minimum atomic E-state index is 0.00820. The molecule has 52 heavy (non-hydrogen) atoms. The van der Waals surface area contributed by atoms with Gasteiger partial charge in [0.2, 0.25) is 0 Å². The predicted molar refractivity (Wildman–Crippen MR) is 228 cm³/mol. The number of benzene rings is 5. The highest BCUT2D eigenvalue weighted by Gasteiger charge is 2.61. The van der Waals surface area contributed by atoms with Crippen LogP contribution in [0.1, 0.15) is 109 Å². The van der Waals surface area contributed by atoms with Crippen LogP contribution in [0.3, 0.4) is 0 Å². The highest BCUT2D eigenvalue weighted by Crippen LogP contribution is 2.62. The molecule has 0 N–H and O–H groups in total. The van der Waals surface area contributed by atoms with Crippen molar-refractivity contribution in [2.24, 2.45) is 0 Å². The number of fused-ring (bicyclic) bond motifs is 10. The Bertz CT molecular complexity index is 2530. The molecular weight excluding hydrogens is 647 g/mol. The van der Waals surface area contributed by atoms with Gasteiger partial charge in [-0.3, -0.25) is 0 Å². The van der Waals surface area contributed by atoms with Crippen LogP contribution in [0.25, 0.3) is 20.2 Å². The number of nitrogens with zero attached hydrogens (tertiary/aromatic N) is 2. The first-order chi connectivity index (χ1) is 24.6. The SMILES string of the molecule is Cc1cc2c3c(c1)N1c4c(cc(C(C)(C)C)cc4C4(C)CCCCC14C)B3c1cc3c(cc1N2c1ccc(C(C)(C)C)cc1C)sc1ccccc13. The Morgan fingerprint density at radius 2 is 1.38 bits per heavy atom. The van der Waals surface area contributed by atoms with Gasteiger partial charge in [-0.05, 0) is 124 Å². The molecule has 0 bridgehead atoms. The molecule has 10 rings (SSSR count). The molecule has 0 saturated heterocycles. The summed E-state index contributed by atoms with van der Waals surface area (Å²) in [5, 5.41) is 2.75. The van der Waals surface area contributed by atoms with E-state index in [-0.39, 0.29) is 28.5 Å². The van der Waals surface area contributed by atoms with Crippen LogP contribution in [-0.2, 0) is 16.2 Å². The third-order valence-corrected chi connectivity index (χ3v) is 15.0. The van der Waals surface area contributed by atoms with Gasteiger partial charge in [0.25, 0.3) is 6.71 Å². The lowest BCUT2D eigenvalue weighted by atomic mass is 9.33. The van der Waals surface area contributed by atoms with Crippen LogP contribution < -0.4 is 26.2 Å². The van der Waals surface area contributed by atoms with Crippen molar-refractivity contribution in [3.05, 3.63) is 107 Å². The van der Waals surface area contributed by atoms with Crippen molar-refractivity contribution in [1.82, 2.24) is 0 Å². The molecule has 1 aromatic heterocycles. The second-order valence-corrected chi connectivity index (χ2v) is 20.2. The molecule has 0 amide bonds. The molecule has 2 atom stereocenters. The summed E-state index contributed by atoms with van der Waals surface area (Å²) in [4.78, 5) is 5.53. The van der Waals surface area contributed by atoms with Gasteiger partial charge in [-0.25, -0.2) is 0 Å². The lowest BCUT2D eigenvalue weighted by molar-refractivity contribution is 0.195. The first kappa shape index (κ1) is 32.6. The number of hydrogen-bond acceptors (Lipinski definition) is 3. The van der Waals surface area contributed by atoms with Gasteiger partial charge in [0.1, 0.15) is 0 Å². The average molecular weight is 699 g/mol. The van der Waals surface area contributed by atoms with Crippen LogP contribution in [0.15, 0.2) is 78.9 Å². The number of hydrogen-bond donors (Lipinski definition) is 0. The lowest BCUT2D eigenvalue weighted by Crippen LogP contribution is -2.64. The number of thiophene rings is 1. The number of aryl methyl sites for hydroxylation is 2. The summed E-state index contributed by atoms with van der Waals surface area (Å²) in [6.07, 6.45) is 5.04. The van der Waals surface area contributed by atoms with Crippen LogP contribution in [0.5, 0.6) is 0 Å². The van der Waals surface area contributed by atoms with E-state index in [0.29, 0.717) is 0 Å². The standard InChI is InChI=1S/C48H51BN2S/c1-28-21-39-43-40(22-28)51-44-34(47(9)19-13-14-20-48(47,51)10)24-31(46(6,7)8)25-36(44)49(43)35-26-33-32-15-11-12-16-41(32)52-42(33)27-38(35)50(39)37-18-17-30(23-29(37)2)45(3,4)5/h11-12,15-18,21-27H,13-14,19-20H2,1-10H3. The minimum absolute atomic E-state index is 0.00820. The molecule has 4 aliphatic rings. The van der Waals surface area contributed by atoms with Crippen LogP contribution >= 0.6 is 11.3 Å². The molecule has 5 aromatic carbocycles. The van der Waals surface area contributed by atoms with E-state index < -0.39 is 0 Å². The van der Waals surface area contributed by atoms with E-state index in [9.17, 15) is 0 Å². The van der Waals surface area contributed by atoms with Gasteiger partial charge < -0.3 is 9.80 Å². The van der Waals surface area contributed by atoms with Gasteiger partial charge >= 0.3 is 0 Å². The second-order valence-electron chi connectivity index (χ2n) is 19.1. The Labute approximate surface area is 314 Å². The maximum Gasteiger partial charge on any atom is 0.252 e. The quantitative estimate of drug-likeness (QED) is 0.158. The minimum Gasteiger partial charge on any atom is -0.335 e. The molecule has 2 unspecified atom stereocenters. The molecule has 0 radical (unpaired) electrons. The molecule has 1 aliphatic carbocycles. The summed E-state index contributed by atoms with van der Waals surface area (Å²) in [5.41, 5.74) is 18.6. The van der Waals surface area contributed by atoms with Crippen molar-refractivity contribution in [2.75, 3.05) is 9.80 Å². The normalized spacial score (nSPS) is 21.8. The van der Waals surface area contributed by atoms with Crippen LogP contribution in [-0.4, -0.2) is 12.3 Å². The molecule has 262 valence electrons. The summed E-state index contributed by atoms with van der Waals surface area (Å²) < 4.78 is 2.73. The lowest BCUT2D eigenvalue weighted by Gasteiger charge is -2.53. The Hall–Kier alpha value is -4.02. The summed E-state index contributed by atoms with van der Waals surface area (Å²) >= 11 is 1.93. The topological polar surface area (TPSA) is 6.48 Å². The number of rotatable bonds is 1. The third kappa shape index (κ3) is 4.14. The van der Waals surface area contributed by atoms with Gasteiger partial charge in [-0.2, -0.15) is 0 Å². The van der Waals surface area contributed by atoms with E-state index in [1.54, 1.807) is 5.56 Å². The van der Waals surface area contributed by atoms with Crippen molar-refractivity contribution >= 4 is 83.0 Å². The summed E-state index contributed by atoms with van der Waals surface area (Å²) in [6.45, 7) is 24.2. The van der Waals surface area contributed by atoms with E-state index in [1.807, 2.05) is 11.3 Å². The second kappa shape index (κ2) is 10.3. The zero-order valence-electron chi connectivity index (χ0n) is 32.7. The van der Waals surface area contributed by atoms with Gasteiger partial charge in [-0.1, -0.05) is 110 Å². The molecular formula is C48H51BN2S. The molecule has 1 fully saturated rings. The van der Waals surface area contributed by atoms with Gasteiger partial charge in [0, 0.05) is 48.6 Å². The summed E-state index contributed by atoms with van der Waals surface area (Å²) in [7, 11) is 0. The summed E-state index contributed by atoms with van der Waals surface area (Å²) in [5.74, 6) is 0. The van der Waals surface area contributed by atoms with E-state index in [2.05, 4.69) is 158 Å². The fourth-order valence-corrected chi connectivity index (χ4v) is 11.9. The van der Waals surface area contributed by atoms with Crippen molar-refractivity contribution in [3.63, 3.8) is 0 Å². The van der Waals surface area contributed by atoms with Crippen LogP contribution in [0.4, 0.5) is 28.4 Å². The van der Waals surface area contributed by atoms with Gasteiger partial charge in [0.15, 0.2) is 0 Å². The maximum absolute atomic E-state index is 2.88. The first-order valence-corrected chi connectivity index (χ1v) is 20.4. The molecule has 4 heterocycles. The zero-order valence-corrected chi connectivity index (χ0v) is 33.5. The van der Waals surface area contributed by atoms with Crippen molar-refractivity contribution in [1.29, 1.82) is 0 Å². The first-order valence-electron chi connectivity index (χ1n) is 19.6. The molecule has 6 aromatic rings. The largest absolute Gasteiger partial charge is 0.335 e. The Morgan fingerprint density at radius 3 is 2.13 bits per heavy atom. The fraction of sp³-hybridized carbons (Fsp3) is 0.375. The van der Waals surface area contributed by atoms with E-state index in [0.717, 1.165) is 0 Å². The van der Waals surface area contributed by atoms with Crippen molar-refractivity contribution in [2.45, 2.75) is 117 Å². The molecule has 4 heteroatoms. The van der Waals surface area contributed by atoms with E-state index in [4.69, 9.17) is 0 Å². The van der Waals surface area contributed by atoms with Crippen LogP contribution in [0, 0.1) is 13.8 Å². The molecule has 2 nitrogen and oxygen atoms in total. The molecule has 1 saturated carbocycles. The predicted octanol–water partition coefficient (Wildman–Crippen LogP) is 11.6.